The zero-order chi connectivity index (χ0) is 12.5. The summed E-state index contributed by atoms with van der Waals surface area (Å²) < 4.78 is 0. The summed E-state index contributed by atoms with van der Waals surface area (Å²) in [5.74, 6) is 0.460. The molecule has 0 bridgehead atoms. The molecule has 1 aromatic carbocycles. The van der Waals surface area contributed by atoms with E-state index in [0.29, 0.717) is 16.9 Å². The summed E-state index contributed by atoms with van der Waals surface area (Å²) >= 11 is 0. The Morgan fingerprint density at radius 3 is 2.83 bits per heavy atom. The van der Waals surface area contributed by atoms with E-state index in [1.54, 1.807) is 6.19 Å². The van der Waals surface area contributed by atoms with E-state index in [0.717, 1.165) is 10.9 Å². The number of nitrogens with two attached hydrogens (primary N) is 1. The van der Waals surface area contributed by atoms with Crippen molar-refractivity contribution in [3.8, 4) is 6.19 Å². The molecule has 6 heteroatoms. The number of aromatic nitrogens is 3. The van der Waals surface area contributed by atoms with E-state index in [9.17, 15) is 0 Å². The van der Waals surface area contributed by atoms with Crippen LogP contribution in [-0.2, 0) is 0 Å². The number of benzene rings is 1. The van der Waals surface area contributed by atoms with Gasteiger partial charge in [0.1, 0.15) is 5.82 Å². The first-order valence-corrected chi connectivity index (χ1v) is 5.26. The fourth-order valence-corrected chi connectivity index (χ4v) is 1.79. The smallest absolute Gasteiger partial charge is 0.240 e. The molecule has 86 valence electrons. The van der Waals surface area contributed by atoms with Gasteiger partial charge < -0.3 is 5.73 Å². The maximum absolute atomic E-state index is 8.55. The van der Waals surface area contributed by atoms with Crippen LogP contribution in [0, 0.1) is 11.5 Å². The Bertz CT molecular complexity index is 790. The van der Waals surface area contributed by atoms with Crippen LogP contribution < -0.4 is 11.1 Å². The van der Waals surface area contributed by atoms with E-state index in [1.165, 1.54) is 0 Å². The van der Waals surface area contributed by atoms with Gasteiger partial charge in [0.15, 0.2) is 11.8 Å². The Morgan fingerprint density at radius 2 is 2.00 bits per heavy atom. The lowest BCUT2D eigenvalue weighted by molar-refractivity contribution is 1.20. The number of nitrogen functional groups attached to an aromatic ring is 1. The van der Waals surface area contributed by atoms with Crippen LogP contribution in [0.25, 0.3) is 21.9 Å². The predicted octanol–water partition coefficient (Wildman–Crippen LogP) is 1.65. The van der Waals surface area contributed by atoms with Gasteiger partial charge in [-0.2, -0.15) is 15.2 Å². The molecule has 6 nitrogen and oxygen atoms in total. The number of nitrogens with one attached hydrogen (secondary N) is 1. The molecule has 0 aliphatic rings. The fraction of sp³-hybridized carbons (Fsp3) is 0. The monoisotopic (exact) mass is 236 g/mol. The van der Waals surface area contributed by atoms with Crippen LogP contribution in [0.1, 0.15) is 0 Å². The molecule has 0 fully saturated rings. The van der Waals surface area contributed by atoms with Gasteiger partial charge in [-0.25, -0.2) is 4.98 Å². The highest BCUT2D eigenvalue weighted by Gasteiger charge is 2.07. The summed E-state index contributed by atoms with van der Waals surface area (Å²) in [5.41, 5.74) is 7.13. The first kappa shape index (κ1) is 10.2. The number of rotatable bonds is 1. The van der Waals surface area contributed by atoms with Crippen LogP contribution in [0.15, 0.2) is 30.3 Å². The third-order valence-electron chi connectivity index (χ3n) is 2.59. The highest BCUT2D eigenvalue weighted by molar-refractivity contribution is 5.96. The van der Waals surface area contributed by atoms with Crippen LogP contribution in [0.3, 0.4) is 0 Å². The largest absolute Gasteiger partial charge is 0.383 e. The molecule has 0 spiro atoms. The van der Waals surface area contributed by atoms with E-state index >= 15 is 0 Å². The molecule has 0 aliphatic carbocycles. The summed E-state index contributed by atoms with van der Waals surface area (Å²) in [6, 6.07) is 9.56. The molecule has 0 radical (unpaired) electrons. The van der Waals surface area contributed by atoms with Crippen molar-refractivity contribution in [1.29, 1.82) is 5.26 Å². The third-order valence-corrected chi connectivity index (χ3v) is 2.59. The number of nitriles is 1. The van der Waals surface area contributed by atoms with Crippen molar-refractivity contribution in [3.63, 3.8) is 0 Å². The van der Waals surface area contributed by atoms with Crippen LogP contribution in [-0.4, -0.2) is 15.0 Å². The third kappa shape index (κ3) is 1.55. The normalized spacial score (nSPS) is 10.4. The minimum Gasteiger partial charge on any atom is -0.383 e. The lowest BCUT2D eigenvalue weighted by atomic mass is 10.2. The van der Waals surface area contributed by atoms with Gasteiger partial charge in [0.2, 0.25) is 5.95 Å². The number of para-hydroxylation sites is 1. The zero-order valence-corrected chi connectivity index (χ0v) is 9.25. The summed E-state index contributed by atoms with van der Waals surface area (Å²) in [4.78, 5) is 12.5. The van der Waals surface area contributed by atoms with Crippen molar-refractivity contribution in [2.45, 2.75) is 0 Å². The van der Waals surface area contributed by atoms with E-state index in [4.69, 9.17) is 11.0 Å². The molecule has 0 unspecified atom stereocenters. The Hall–Kier alpha value is -2.94. The topological polar surface area (TPSA) is 101 Å². The average molecular weight is 236 g/mol. The van der Waals surface area contributed by atoms with Gasteiger partial charge in [0.25, 0.3) is 0 Å². The summed E-state index contributed by atoms with van der Waals surface area (Å²) in [5, 5.41) is 12.6. The Balaban J connectivity index is 2.36. The standard InChI is InChI=1S/C12H8N6/c13-6-15-12-17-10(14)8-5-7-3-1-2-4-9(7)16-11(8)18-12/h1-5H,(H3,14,15,16,17,18). The van der Waals surface area contributed by atoms with Crippen molar-refractivity contribution in [3.05, 3.63) is 30.3 Å². The molecule has 0 saturated carbocycles. The van der Waals surface area contributed by atoms with Gasteiger partial charge in [-0.15, -0.1) is 0 Å². The van der Waals surface area contributed by atoms with Crippen molar-refractivity contribution in [1.82, 2.24) is 15.0 Å². The molecular formula is C12H8N6. The van der Waals surface area contributed by atoms with Gasteiger partial charge in [-0.3, -0.25) is 5.32 Å². The molecule has 2 heterocycles. The second-order valence-electron chi connectivity index (χ2n) is 3.72. The number of anilines is 2. The lowest BCUT2D eigenvalue weighted by Crippen LogP contribution is -2.02. The second-order valence-corrected chi connectivity index (χ2v) is 3.72. The SMILES string of the molecule is N#CNc1nc(N)c2cc3ccccc3nc2n1. The van der Waals surface area contributed by atoms with Crippen molar-refractivity contribution < 1.29 is 0 Å². The fourth-order valence-electron chi connectivity index (χ4n) is 1.79. The minimum absolute atomic E-state index is 0.158. The molecule has 0 aliphatic heterocycles. The van der Waals surface area contributed by atoms with Crippen LogP contribution in [0.4, 0.5) is 11.8 Å². The molecule has 18 heavy (non-hydrogen) atoms. The zero-order valence-electron chi connectivity index (χ0n) is 9.25. The first-order chi connectivity index (χ1) is 8.78. The second kappa shape index (κ2) is 3.82. The number of hydrogen-bond acceptors (Lipinski definition) is 6. The minimum atomic E-state index is 0.158. The van der Waals surface area contributed by atoms with E-state index in [-0.39, 0.29) is 5.95 Å². The highest BCUT2D eigenvalue weighted by Crippen LogP contribution is 2.22. The summed E-state index contributed by atoms with van der Waals surface area (Å²) in [6.07, 6.45) is 1.75. The number of fused-ring (bicyclic) bond motifs is 2. The average Bonchev–Trinajstić information content (AvgIpc) is 2.37. The van der Waals surface area contributed by atoms with Gasteiger partial charge in [-0.05, 0) is 12.1 Å². The highest BCUT2D eigenvalue weighted by atomic mass is 15.1. The molecule has 0 atom stereocenters. The van der Waals surface area contributed by atoms with E-state index in [1.807, 2.05) is 30.3 Å². The Morgan fingerprint density at radius 1 is 1.17 bits per heavy atom. The Labute approximate surface area is 102 Å². The Kier molecular flexibility index (Phi) is 2.17. The molecule has 0 saturated heterocycles. The molecule has 0 amide bonds. The molecule has 3 N–H and O–H groups in total. The van der Waals surface area contributed by atoms with Crippen molar-refractivity contribution in [2.24, 2.45) is 0 Å². The van der Waals surface area contributed by atoms with Gasteiger partial charge in [0, 0.05) is 5.39 Å². The summed E-state index contributed by atoms with van der Waals surface area (Å²) in [7, 11) is 0. The maximum atomic E-state index is 8.55. The first-order valence-electron chi connectivity index (χ1n) is 5.26. The molecule has 2 aromatic heterocycles. The molecule has 3 rings (SSSR count). The maximum Gasteiger partial charge on any atom is 0.240 e. The van der Waals surface area contributed by atoms with Crippen LogP contribution >= 0.6 is 0 Å². The number of hydrogen-bond donors (Lipinski definition) is 2. The van der Waals surface area contributed by atoms with Crippen LogP contribution in [0.5, 0.6) is 0 Å². The molecule has 3 aromatic rings. The van der Waals surface area contributed by atoms with Crippen molar-refractivity contribution in [2.75, 3.05) is 11.1 Å². The number of pyridine rings is 1. The quantitative estimate of drug-likeness (QED) is 0.378. The van der Waals surface area contributed by atoms with E-state index in [2.05, 4.69) is 20.3 Å². The van der Waals surface area contributed by atoms with Gasteiger partial charge >= 0.3 is 0 Å². The lowest BCUT2D eigenvalue weighted by Gasteiger charge is -2.04. The number of nitrogens with zero attached hydrogens (tertiary/aromatic N) is 4. The van der Waals surface area contributed by atoms with Crippen molar-refractivity contribution >= 4 is 33.7 Å². The van der Waals surface area contributed by atoms with Crippen LogP contribution in [0.2, 0.25) is 0 Å². The van der Waals surface area contributed by atoms with E-state index < -0.39 is 0 Å². The van der Waals surface area contributed by atoms with Gasteiger partial charge in [0.05, 0.1) is 10.9 Å². The van der Waals surface area contributed by atoms with Gasteiger partial charge in [-0.1, -0.05) is 18.2 Å². The summed E-state index contributed by atoms with van der Waals surface area (Å²) in [6.45, 7) is 0. The predicted molar refractivity (Wildman–Crippen MR) is 68.5 cm³/mol. The molecular weight excluding hydrogens is 228 g/mol.